The fourth-order valence-corrected chi connectivity index (χ4v) is 0.510. The van der Waals surface area contributed by atoms with Crippen molar-refractivity contribution in [2.75, 3.05) is 13.2 Å². The van der Waals surface area contributed by atoms with Crippen LogP contribution in [0, 0.1) is 0 Å². The fourth-order valence-electron chi connectivity index (χ4n) is 0.510. The Bertz CT molecular complexity index is 57.0. The van der Waals surface area contributed by atoms with Gasteiger partial charge in [-0.1, -0.05) is 0 Å². The predicted molar refractivity (Wildman–Crippen MR) is 40.8 cm³/mol. The fraction of sp³-hybridized carbons (Fsp3) is 0.714. The van der Waals surface area contributed by atoms with Crippen molar-refractivity contribution in [2.24, 2.45) is 0 Å². The van der Waals surface area contributed by atoms with Crippen LogP contribution in [0.4, 0.5) is 0 Å². The Morgan fingerprint density at radius 1 is 1.40 bits per heavy atom. The first kappa shape index (κ1) is 13.4. The van der Waals surface area contributed by atoms with Crippen molar-refractivity contribution in [3.63, 3.8) is 0 Å². The molecule has 1 saturated heterocycles. The first-order valence-electron chi connectivity index (χ1n) is 3.39. The van der Waals surface area contributed by atoms with Gasteiger partial charge >= 0.3 is 38.9 Å². The minimum atomic E-state index is 0. The van der Waals surface area contributed by atoms with E-state index in [0.717, 1.165) is 17.8 Å². The van der Waals surface area contributed by atoms with E-state index in [1.54, 1.807) is 0 Å². The van der Waals surface area contributed by atoms with E-state index in [0.29, 0.717) is 0 Å². The van der Waals surface area contributed by atoms with Crippen molar-refractivity contribution >= 4 is 21.7 Å². The van der Waals surface area contributed by atoms with Crippen molar-refractivity contribution < 1.29 is 17.1 Å². The summed E-state index contributed by atoms with van der Waals surface area (Å²) in [6.45, 7) is 5.49. The Hall–Kier alpha value is 0.756. The van der Waals surface area contributed by atoms with Crippen LogP contribution in [0.25, 0.3) is 0 Å². The molecule has 3 heteroatoms. The second kappa shape index (κ2) is 12.4. The van der Waals surface area contributed by atoms with Gasteiger partial charge < -0.3 is 17.1 Å². The summed E-state index contributed by atoms with van der Waals surface area (Å²) < 4.78 is 6.06. The topological polar surface area (TPSA) is 9.23 Å². The maximum atomic E-state index is 4.94. The standard InChI is InChI=1S/C4H8O.C3H5.ClH.Mg/c1-2-4-5-3-1;1-3-2;;/h1-4H2;3H,1-2H2;1H;/q;;;+1/p-1. The van der Waals surface area contributed by atoms with Crippen molar-refractivity contribution in [1.29, 1.82) is 0 Å². The molecule has 1 nitrogen and oxygen atoms in total. The summed E-state index contributed by atoms with van der Waals surface area (Å²) in [5, 5.41) is 0. The molecule has 56 valence electrons. The van der Waals surface area contributed by atoms with Crippen LogP contribution in [0.1, 0.15) is 12.8 Å². The molecule has 1 aliphatic heterocycles. The van der Waals surface area contributed by atoms with Gasteiger partial charge in [0.05, 0.1) is 0 Å². The van der Waals surface area contributed by atoms with E-state index in [1.165, 1.54) is 12.8 Å². The number of ether oxygens (including phenoxy) is 1. The summed E-state index contributed by atoms with van der Waals surface area (Å²) in [5.74, 6) is 0. The molecule has 0 N–H and O–H groups in total. The van der Waals surface area contributed by atoms with Gasteiger partial charge in [-0.3, -0.25) is 0 Å². The second-order valence-electron chi connectivity index (χ2n) is 1.90. The van der Waals surface area contributed by atoms with E-state index in [2.05, 4.69) is 6.58 Å². The molecule has 0 amide bonds. The van der Waals surface area contributed by atoms with Crippen molar-refractivity contribution in [1.82, 2.24) is 0 Å². The molecule has 0 bridgehead atoms. The second-order valence-corrected chi connectivity index (χ2v) is 2.47. The largest absolute Gasteiger partial charge is 1.00 e. The Morgan fingerprint density at radius 3 is 1.90 bits per heavy atom. The molecule has 0 spiro atoms. The molecule has 1 fully saturated rings. The Labute approximate surface area is 82.1 Å². The average Bonchev–Trinajstić information content (AvgIpc) is 2.43. The van der Waals surface area contributed by atoms with E-state index >= 15 is 0 Å². The zero-order valence-corrected chi connectivity index (χ0v) is 8.48. The van der Waals surface area contributed by atoms with Crippen LogP contribution in [-0.2, 0) is 4.74 Å². The molecular weight excluding hydrogens is 160 g/mol. The molecule has 0 radical (unpaired) electrons. The van der Waals surface area contributed by atoms with Crippen LogP contribution in [0.2, 0.25) is 4.55 Å². The number of hydrogen-bond acceptors (Lipinski definition) is 1. The summed E-state index contributed by atoms with van der Waals surface area (Å²) in [7, 11) is 0. The van der Waals surface area contributed by atoms with Crippen LogP contribution in [-0.4, -0.2) is 34.9 Å². The zero-order valence-electron chi connectivity index (χ0n) is 6.31. The number of halogens is 1. The summed E-state index contributed by atoms with van der Waals surface area (Å²) in [4.78, 5) is 0. The third-order valence-corrected chi connectivity index (χ3v) is 1.44. The molecule has 0 aromatic heterocycles. The van der Waals surface area contributed by atoms with E-state index in [1.807, 2.05) is 27.8 Å². The van der Waals surface area contributed by atoms with Crippen LogP contribution < -0.4 is 12.4 Å². The van der Waals surface area contributed by atoms with Gasteiger partial charge in [0, 0.05) is 13.2 Å². The number of rotatable bonds is 1. The van der Waals surface area contributed by atoms with E-state index < -0.39 is 0 Å². The molecule has 10 heavy (non-hydrogen) atoms. The molecule has 0 atom stereocenters. The Morgan fingerprint density at radius 2 is 1.80 bits per heavy atom. The van der Waals surface area contributed by atoms with Gasteiger partial charge in [-0.05, 0) is 12.8 Å². The molecule has 0 saturated carbocycles. The third kappa shape index (κ3) is 11.5. The molecule has 0 aromatic carbocycles. The molecule has 1 heterocycles. The van der Waals surface area contributed by atoms with Crippen molar-refractivity contribution in [3.8, 4) is 0 Å². The molecular formula is C7H13ClMgO. The molecule has 1 aliphatic rings. The van der Waals surface area contributed by atoms with Gasteiger partial charge in [0.2, 0.25) is 0 Å². The molecule has 1 rings (SSSR count). The SMILES string of the molecule is C1CCOC1.C=C[CH2][Mg+].[Cl-]. The third-order valence-electron chi connectivity index (χ3n) is 1.03. The van der Waals surface area contributed by atoms with Gasteiger partial charge in [-0.15, -0.1) is 0 Å². The van der Waals surface area contributed by atoms with Crippen molar-refractivity contribution in [2.45, 2.75) is 17.4 Å². The molecule has 0 aliphatic carbocycles. The normalized spacial score (nSPS) is 14.6. The monoisotopic (exact) mass is 172 g/mol. The first-order valence-corrected chi connectivity index (χ1v) is 4.39. The minimum Gasteiger partial charge on any atom is -1.00 e. The van der Waals surface area contributed by atoms with Gasteiger partial charge in [-0.2, -0.15) is 0 Å². The zero-order chi connectivity index (χ0) is 6.95. The Kier molecular flexibility index (Phi) is 16.6. The maximum absolute atomic E-state index is 4.94. The molecule has 0 aromatic rings. The van der Waals surface area contributed by atoms with Gasteiger partial charge in [0.25, 0.3) is 0 Å². The van der Waals surface area contributed by atoms with E-state index in [-0.39, 0.29) is 12.4 Å². The summed E-state index contributed by atoms with van der Waals surface area (Å²) >= 11 is 1.90. The van der Waals surface area contributed by atoms with Gasteiger partial charge in [-0.25, -0.2) is 0 Å². The summed E-state index contributed by atoms with van der Waals surface area (Å²) in [6.07, 6.45) is 4.44. The first-order chi connectivity index (χ1) is 4.41. The number of hydrogen-bond donors (Lipinski definition) is 0. The Balaban J connectivity index is 0. The van der Waals surface area contributed by atoms with E-state index in [4.69, 9.17) is 4.74 Å². The maximum Gasteiger partial charge on any atom is -1.00 e. The quantitative estimate of drug-likeness (QED) is 0.348. The average molecular weight is 173 g/mol. The van der Waals surface area contributed by atoms with Crippen molar-refractivity contribution in [3.05, 3.63) is 12.7 Å². The van der Waals surface area contributed by atoms with Crippen LogP contribution in [0.3, 0.4) is 0 Å². The van der Waals surface area contributed by atoms with E-state index in [9.17, 15) is 0 Å². The van der Waals surface area contributed by atoms with Crippen LogP contribution >= 0.6 is 0 Å². The smallest absolute Gasteiger partial charge is 1.00 e. The van der Waals surface area contributed by atoms with Gasteiger partial charge in [0.15, 0.2) is 0 Å². The summed E-state index contributed by atoms with van der Waals surface area (Å²) in [6, 6.07) is 0. The minimum absolute atomic E-state index is 0. The van der Waals surface area contributed by atoms with Crippen LogP contribution in [0.15, 0.2) is 12.7 Å². The summed E-state index contributed by atoms with van der Waals surface area (Å²) in [5.41, 5.74) is 0. The van der Waals surface area contributed by atoms with Crippen LogP contribution in [0.5, 0.6) is 0 Å². The number of allylic oxidation sites excluding steroid dienone is 1. The molecule has 0 unspecified atom stereocenters. The predicted octanol–water partition coefficient (Wildman–Crippen LogP) is -1.44. The van der Waals surface area contributed by atoms with Gasteiger partial charge in [0.1, 0.15) is 0 Å².